The van der Waals surface area contributed by atoms with Crippen molar-refractivity contribution in [2.24, 2.45) is 4.99 Å². The highest BCUT2D eigenvalue weighted by Gasteiger charge is 2.31. The molecular formula is C18H27BrN4O. The van der Waals surface area contributed by atoms with E-state index in [1.807, 2.05) is 6.07 Å². The zero-order valence-electron chi connectivity index (χ0n) is 14.3. The summed E-state index contributed by atoms with van der Waals surface area (Å²) in [5.74, 6) is 0.786. The molecule has 2 fully saturated rings. The lowest BCUT2D eigenvalue weighted by Crippen LogP contribution is -2.49. The molecule has 1 atom stereocenters. The molecule has 1 unspecified atom stereocenters. The summed E-state index contributed by atoms with van der Waals surface area (Å²) in [5, 5.41) is 17.3. The maximum absolute atomic E-state index is 10.5. The molecule has 0 amide bonds. The number of aliphatic hydroxyl groups is 1. The van der Waals surface area contributed by atoms with Crippen LogP contribution in [0.4, 0.5) is 5.69 Å². The highest BCUT2D eigenvalue weighted by atomic mass is 79.9. The Kier molecular flexibility index (Phi) is 5.66. The van der Waals surface area contributed by atoms with Crippen LogP contribution in [0.15, 0.2) is 33.7 Å². The summed E-state index contributed by atoms with van der Waals surface area (Å²) in [6, 6.07) is 8.71. The van der Waals surface area contributed by atoms with Gasteiger partial charge in [-0.25, -0.2) is 0 Å². The molecule has 0 aromatic heterocycles. The fraction of sp³-hybridized carbons (Fsp3) is 0.611. The Bertz CT molecular complexity index is 586. The molecule has 24 heavy (non-hydrogen) atoms. The summed E-state index contributed by atoms with van der Waals surface area (Å²) < 4.78 is 1.14. The molecule has 132 valence electrons. The molecule has 1 aromatic rings. The van der Waals surface area contributed by atoms with Gasteiger partial charge in [0.1, 0.15) is 0 Å². The van der Waals surface area contributed by atoms with Crippen LogP contribution >= 0.6 is 15.9 Å². The molecule has 1 saturated heterocycles. The summed E-state index contributed by atoms with van der Waals surface area (Å²) in [6.45, 7) is 2.56. The van der Waals surface area contributed by atoms with E-state index < -0.39 is 5.60 Å². The van der Waals surface area contributed by atoms with E-state index in [0.29, 0.717) is 12.6 Å². The first-order valence-corrected chi connectivity index (χ1v) is 9.58. The van der Waals surface area contributed by atoms with Crippen LogP contribution in [0.25, 0.3) is 0 Å². The molecule has 6 heteroatoms. The van der Waals surface area contributed by atoms with Gasteiger partial charge in [-0.15, -0.1) is 0 Å². The Morgan fingerprint density at radius 2 is 2.12 bits per heavy atom. The van der Waals surface area contributed by atoms with Gasteiger partial charge in [-0.1, -0.05) is 25.0 Å². The normalized spacial score (nSPS) is 23.5. The maximum atomic E-state index is 10.5. The number of guanidine groups is 1. The molecule has 0 radical (unpaired) electrons. The van der Waals surface area contributed by atoms with Gasteiger partial charge in [0.15, 0.2) is 5.96 Å². The molecule has 2 aliphatic rings. The topological polar surface area (TPSA) is 59.9 Å². The van der Waals surface area contributed by atoms with Gasteiger partial charge < -0.3 is 20.6 Å². The molecular weight excluding hydrogens is 368 g/mol. The summed E-state index contributed by atoms with van der Waals surface area (Å²) in [4.78, 5) is 6.70. The Morgan fingerprint density at radius 1 is 1.38 bits per heavy atom. The predicted molar refractivity (Wildman–Crippen MR) is 103 cm³/mol. The lowest BCUT2D eigenvalue weighted by Gasteiger charge is -2.25. The number of hydrogen-bond acceptors (Lipinski definition) is 3. The highest BCUT2D eigenvalue weighted by Crippen LogP contribution is 2.29. The molecule has 5 nitrogen and oxygen atoms in total. The average molecular weight is 395 g/mol. The minimum atomic E-state index is -0.561. The van der Waals surface area contributed by atoms with Gasteiger partial charge in [0, 0.05) is 37.2 Å². The third kappa shape index (κ3) is 4.22. The monoisotopic (exact) mass is 394 g/mol. The van der Waals surface area contributed by atoms with E-state index in [1.165, 1.54) is 5.69 Å². The fourth-order valence-electron chi connectivity index (χ4n) is 3.65. The molecule has 1 aliphatic heterocycles. The number of halogens is 1. The third-order valence-electron chi connectivity index (χ3n) is 5.06. The van der Waals surface area contributed by atoms with Crippen LogP contribution in [-0.4, -0.2) is 49.4 Å². The number of nitrogens with one attached hydrogen (secondary N) is 2. The van der Waals surface area contributed by atoms with Gasteiger partial charge in [0.25, 0.3) is 0 Å². The number of aliphatic imine (C=N–C) groups is 1. The predicted octanol–water partition coefficient (Wildman–Crippen LogP) is 2.50. The number of anilines is 1. The Morgan fingerprint density at radius 3 is 2.83 bits per heavy atom. The van der Waals surface area contributed by atoms with Crippen LogP contribution in [0.3, 0.4) is 0 Å². The molecule has 1 heterocycles. The summed E-state index contributed by atoms with van der Waals surface area (Å²) >= 11 is 3.63. The van der Waals surface area contributed by atoms with Gasteiger partial charge >= 0.3 is 0 Å². The van der Waals surface area contributed by atoms with E-state index in [2.05, 4.69) is 54.7 Å². The molecule has 1 aromatic carbocycles. The highest BCUT2D eigenvalue weighted by molar-refractivity contribution is 9.10. The average Bonchev–Trinajstić information content (AvgIpc) is 3.21. The van der Waals surface area contributed by atoms with Gasteiger partial charge in [0.2, 0.25) is 0 Å². The first-order chi connectivity index (χ1) is 11.6. The number of para-hydroxylation sites is 1. The van der Waals surface area contributed by atoms with Crippen LogP contribution in [-0.2, 0) is 0 Å². The van der Waals surface area contributed by atoms with Gasteiger partial charge in [0.05, 0.1) is 11.3 Å². The molecule has 3 rings (SSSR count). The summed E-state index contributed by atoms with van der Waals surface area (Å²) in [6.07, 6.45) is 5.08. The number of benzene rings is 1. The van der Waals surface area contributed by atoms with E-state index in [-0.39, 0.29) is 0 Å². The Hall–Kier alpha value is -1.27. The minimum Gasteiger partial charge on any atom is -0.388 e. The lowest BCUT2D eigenvalue weighted by atomic mass is 10.0. The van der Waals surface area contributed by atoms with E-state index >= 15 is 0 Å². The number of rotatable bonds is 4. The smallest absolute Gasteiger partial charge is 0.191 e. The summed E-state index contributed by atoms with van der Waals surface area (Å²) in [7, 11) is 1.79. The molecule has 0 spiro atoms. The first kappa shape index (κ1) is 17.5. The quantitative estimate of drug-likeness (QED) is 0.542. The van der Waals surface area contributed by atoms with Crippen molar-refractivity contribution in [1.29, 1.82) is 0 Å². The zero-order chi connectivity index (χ0) is 17.0. The second-order valence-corrected chi connectivity index (χ2v) is 7.74. The van der Waals surface area contributed by atoms with E-state index in [1.54, 1.807) is 7.05 Å². The van der Waals surface area contributed by atoms with Crippen molar-refractivity contribution in [2.45, 2.75) is 43.7 Å². The Labute approximate surface area is 152 Å². The van der Waals surface area contributed by atoms with Crippen molar-refractivity contribution in [3.63, 3.8) is 0 Å². The standard InChI is InChI=1S/C18H27BrN4O/c1-20-17(21-13-18(24)9-4-5-10-18)22-14-8-11-23(12-14)16-7-3-2-6-15(16)19/h2-3,6-7,14,24H,4-5,8-13H2,1H3,(H2,20,21,22). The Balaban J connectivity index is 1.51. The van der Waals surface area contributed by atoms with Crippen molar-refractivity contribution in [1.82, 2.24) is 10.6 Å². The van der Waals surface area contributed by atoms with Crippen molar-refractivity contribution in [3.05, 3.63) is 28.7 Å². The van der Waals surface area contributed by atoms with Gasteiger partial charge in [-0.2, -0.15) is 0 Å². The van der Waals surface area contributed by atoms with Crippen molar-refractivity contribution < 1.29 is 5.11 Å². The van der Waals surface area contributed by atoms with E-state index in [4.69, 9.17) is 0 Å². The van der Waals surface area contributed by atoms with Crippen LogP contribution < -0.4 is 15.5 Å². The largest absolute Gasteiger partial charge is 0.388 e. The van der Waals surface area contributed by atoms with Crippen molar-refractivity contribution in [3.8, 4) is 0 Å². The second kappa shape index (κ2) is 7.74. The zero-order valence-corrected chi connectivity index (χ0v) is 15.8. The molecule has 3 N–H and O–H groups in total. The van der Waals surface area contributed by atoms with Crippen LogP contribution in [0.5, 0.6) is 0 Å². The number of nitrogens with zero attached hydrogens (tertiary/aromatic N) is 2. The number of hydrogen-bond donors (Lipinski definition) is 3. The van der Waals surface area contributed by atoms with Crippen LogP contribution in [0, 0.1) is 0 Å². The molecule has 0 bridgehead atoms. The summed E-state index contributed by atoms with van der Waals surface area (Å²) in [5.41, 5.74) is 0.679. The van der Waals surface area contributed by atoms with Gasteiger partial charge in [-0.05, 0) is 47.3 Å². The maximum Gasteiger partial charge on any atom is 0.191 e. The van der Waals surface area contributed by atoms with E-state index in [0.717, 1.165) is 55.6 Å². The molecule has 1 aliphatic carbocycles. The first-order valence-electron chi connectivity index (χ1n) is 8.79. The molecule has 1 saturated carbocycles. The van der Waals surface area contributed by atoms with E-state index in [9.17, 15) is 5.11 Å². The van der Waals surface area contributed by atoms with Gasteiger partial charge in [-0.3, -0.25) is 4.99 Å². The second-order valence-electron chi connectivity index (χ2n) is 6.88. The van der Waals surface area contributed by atoms with Crippen molar-refractivity contribution in [2.75, 3.05) is 31.6 Å². The fourth-order valence-corrected chi connectivity index (χ4v) is 4.19. The SMILES string of the molecule is CN=C(NCC1(O)CCCC1)NC1CCN(c2ccccc2Br)C1. The minimum absolute atomic E-state index is 0.363. The van der Waals surface area contributed by atoms with Crippen molar-refractivity contribution >= 4 is 27.6 Å². The third-order valence-corrected chi connectivity index (χ3v) is 5.74. The van der Waals surface area contributed by atoms with Crippen LogP contribution in [0.2, 0.25) is 0 Å². The lowest BCUT2D eigenvalue weighted by molar-refractivity contribution is 0.0521. The van der Waals surface area contributed by atoms with Crippen LogP contribution in [0.1, 0.15) is 32.1 Å².